The van der Waals surface area contributed by atoms with Crippen LogP contribution in [-0.4, -0.2) is 26.3 Å². The number of amides is 1. The fraction of sp³-hybridized carbons (Fsp3) is 0.364. The Morgan fingerprint density at radius 2 is 1.94 bits per heavy atom. The van der Waals surface area contributed by atoms with Crippen molar-refractivity contribution in [1.29, 1.82) is 0 Å². The van der Waals surface area contributed by atoms with Crippen molar-refractivity contribution in [2.75, 3.05) is 17.3 Å². The van der Waals surface area contributed by atoms with Crippen LogP contribution in [-0.2, 0) is 14.8 Å². The predicted molar refractivity (Wildman–Crippen MR) is 74.1 cm³/mol. The van der Waals surface area contributed by atoms with Gasteiger partial charge in [0, 0.05) is 12.1 Å². The van der Waals surface area contributed by atoms with Crippen molar-refractivity contribution < 1.29 is 13.2 Å². The second kappa shape index (κ2) is 6.77. The number of benzene rings is 1. The van der Waals surface area contributed by atoms with Gasteiger partial charge in [-0.1, -0.05) is 0 Å². The molecule has 0 spiro atoms. The van der Waals surface area contributed by atoms with Crippen LogP contribution in [0.2, 0.25) is 0 Å². The van der Waals surface area contributed by atoms with E-state index in [4.69, 9.17) is 5.14 Å². The summed E-state index contributed by atoms with van der Waals surface area (Å²) in [6, 6.07) is 5.78. The Labute approximate surface area is 111 Å². The first-order valence-corrected chi connectivity index (χ1v) is 8.29. The Morgan fingerprint density at radius 1 is 1.33 bits per heavy atom. The standard InChI is InChI=1S/C11H16N2O3S2/c1-17-8-2-3-11(14)13-9-4-6-10(7-5-9)18(12,15)16/h4-7H,2-3,8H2,1H3,(H,13,14)(H2,12,15,16). The van der Waals surface area contributed by atoms with E-state index in [9.17, 15) is 13.2 Å². The molecule has 0 aliphatic heterocycles. The van der Waals surface area contributed by atoms with Crippen molar-refractivity contribution >= 4 is 33.4 Å². The highest BCUT2D eigenvalue weighted by atomic mass is 32.2. The summed E-state index contributed by atoms with van der Waals surface area (Å²) in [5.74, 6) is 0.866. The fourth-order valence-electron chi connectivity index (χ4n) is 1.33. The molecule has 18 heavy (non-hydrogen) atoms. The average Bonchev–Trinajstić information content (AvgIpc) is 2.29. The zero-order chi connectivity index (χ0) is 13.6. The number of primary sulfonamides is 1. The minimum Gasteiger partial charge on any atom is -0.326 e. The first-order chi connectivity index (χ1) is 8.43. The van der Waals surface area contributed by atoms with Crippen LogP contribution in [0.3, 0.4) is 0 Å². The smallest absolute Gasteiger partial charge is 0.238 e. The van der Waals surface area contributed by atoms with Crippen molar-refractivity contribution in [2.24, 2.45) is 5.14 Å². The summed E-state index contributed by atoms with van der Waals surface area (Å²) in [5.41, 5.74) is 0.566. The van der Waals surface area contributed by atoms with Gasteiger partial charge in [-0.3, -0.25) is 4.79 Å². The lowest BCUT2D eigenvalue weighted by Gasteiger charge is -2.05. The molecule has 1 aromatic carbocycles. The zero-order valence-electron chi connectivity index (χ0n) is 10.0. The SMILES string of the molecule is CSCCCC(=O)Nc1ccc(S(N)(=O)=O)cc1. The molecule has 0 aromatic heterocycles. The monoisotopic (exact) mass is 288 g/mol. The normalized spacial score (nSPS) is 11.2. The third-order valence-corrected chi connectivity index (χ3v) is 3.85. The van der Waals surface area contributed by atoms with Crippen molar-refractivity contribution in [3.63, 3.8) is 0 Å². The topological polar surface area (TPSA) is 89.3 Å². The van der Waals surface area contributed by atoms with Crippen molar-refractivity contribution in [3.8, 4) is 0 Å². The van der Waals surface area contributed by atoms with Gasteiger partial charge in [-0.15, -0.1) is 0 Å². The van der Waals surface area contributed by atoms with Gasteiger partial charge >= 0.3 is 0 Å². The molecule has 1 amide bonds. The van der Waals surface area contributed by atoms with Gasteiger partial charge in [-0.2, -0.15) is 11.8 Å². The molecule has 100 valence electrons. The van der Waals surface area contributed by atoms with Crippen molar-refractivity contribution in [3.05, 3.63) is 24.3 Å². The van der Waals surface area contributed by atoms with E-state index in [1.165, 1.54) is 24.3 Å². The Morgan fingerprint density at radius 3 is 2.44 bits per heavy atom. The van der Waals surface area contributed by atoms with Crippen molar-refractivity contribution in [1.82, 2.24) is 0 Å². The summed E-state index contributed by atoms with van der Waals surface area (Å²) in [5, 5.41) is 7.67. The lowest BCUT2D eigenvalue weighted by atomic mass is 10.3. The van der Waals surface area contributed by atoms with Gasteiger partial charge < -0.3 is 5.32 Å². The number of anilines is 1. The molecular formula is C11H16N2O3S2. The molecule has 0 saturated carbocycles. The van der Waals surface area contributed by atoms with Gasteiger partial charge in [0.1, 0.15) is 0 Å². The maximum Gasteiger partial charge on any atom is 0.238 e. The van der Waals surface area contributed by atoms with Crippen LogP contribution in [0, 0.1) is 0 Å². The number of carbonyl (C=O) groups is 1. The molecule has 1 rings (SSSR count). The average molecular weight is 288 g/mol. The summed E-state index contributed by atoms with van der Waals surface area (Å²) < 4.78 is 22.1. The van der Waals surface area contributed by atoms with Gasteiger partial charge in [0.15, 0.2) is 0 Å². The van der Waals surface area contributed by atoms with Gasteiger partial charge in [0.25, 0.3) is 0 Å². The van der Waals surface area contributed by atoms with Crippen LogP contribution >= 0.6 is 11.8 Å². The number of nitrogens with two attached hydrogens (primary N) is 1. The van der Waals surface area contributed by atoms with E-state index < -0.39 is 10.0 Å². The summed E-state index contributed by atoms with van der Waals surface area (Å²) in [6.07, 6.45) is 3.27. The number of rotatable bonds is 6. The van der Waals surface area contributed by atoms with E-state index >= 15 is 0 Å². The lowest BCUT2D eigenvalue weighted by Crippen LogP contribution is -2.13. The molecule has 0 radical (unpaired) electrons. The number of hydrogen-bond donors (Lipinski definition) is 2. The van der Waals surface area contributed by atoms with E-state index in [0.717, 1.165) is 12.2 Å². The van der Waals surface area contributed by atoms with Crippen LogP contribution in [0.1, 0.15) is 12.8 Å². The largest absolute Gasteiger partial charge is 0.326 e. The van der Waals surface area contributed by atoms with Gasteiger partial charge in [0.05, 0.1) is 4.90 Å². The number of carbonyl (C=O) groups excluding carboxylic acids is 1. The van der Waals surface area contributed by atoms with Crippen LogP contribution < -0.4 is 10.5 Å². The molecule has 3 N–H and O–H groups in total. The van der Waals surface area contributed by atoms with Crippen LogP contribution in [0.15, 0.2) is 29.2 Å². The maximum atomic E-state index is 11.5. The Kier molecular flexibility index (Phi) is 5.64. The Hall–Kier alpha value is -1.05. The molecule has 0 heterocycles. The highest BCUT2D eigenvalue weighted by molar-refractivity contribution is 7.98. The van der Waals surface area contributed by atoms with E-state index in [2.05, 4.69) is 5.32 Å². The molecule has 0 unspecified atom stereocenters. The second-order valence-corrected chi connectivity index (χ2v) is 6.26. The minimum absolute atomic E-state index is 0.0304. The second-order valence-electron chi connectivity index (χ2n) is 3.71. The van der Waals surface area contributed by atoms with Gasteiger partial charge in [-0.05, 0) is 42.7 Å². The van der Waals surface area contributed by atoms with Gasteiger partial charge in [-0.25, -0.2) is 13.6 Å². The van der Waals surface area contributed by atoms with E-state index in [1.54, 1.807) is 11.8 Å². The van der Waals surface area contributed by atoms with Crippen LogP contribution in [0.25, 0.3) is 0 Å². The first-order valence-electron chi connectivity index (χ1n) is 5.35. The maximum absolute atomic E-state index is 11.5. The lowest BCUT2D eigenvalue weighted by molar-refractivity contribution is -0.116. The Bertz CT molecular complexity index is 498. The molecule has 0 atom stereocenters. The molecule has 7 heteroatoms. The molecule has 0 fully saturated rings. The van der Waals surface area contributed by atoms with Crippen LogP contribution in [0.5, 0.6) is 0 Å². The predicted octanol–water partition coefficient (Wildman–Crippen LogP) is 1.42. The molecule has 0 aliphatic rings. The minimum atomic E-state index is -3.68. The van der Waals surface area contributed by atoms with Crippen molar-refractivity contribution in [2.45, 2.75) is 17.7 Å². The van der Waals surface area contributed by atoms with Gasteiger partial charge in [0.2, 0.25) is 15.9 Å². The van der Waals surface area contributed by atoms with Crippen LogP contribution in [0.4, 0.5) is 5.69 Å². The zero-order valence-corrected chi connectivity index (χ0v) is 11.7. The summed E-state index contributed by atoms with van der Waals surface area (Å²) in [7, 11) is -3.68. The van der Waals surface area contributed by atoms with E-state index in [0.29, 0.717) is 12.1 Å². The first kappa shape index (κ1) is 15.0. The quantitative estimate of drug-likeness (QED) is 0.775. The third-order valence-electron chi connectivity index (χ3n) is 2.22. The summed E-state index contributed by atoms with van der Waals surface area (Å²) in [6.45, 7) is 0. The molecule has 0 saturated heterocycles. The number of hydrogen-bond acceptors (Lipinski definition) is 4. The number of nitrogens with one attached hydrogen (secondary N) is 1. The summed E-state index contributed by atoms with van der Waals surface area (Å²) >= 11 is 1.69. The fourth-order valence-corrected chi connectivity index (χ4v) is 2.28. The third kappa shape index (κ3) is 5.07. The molecule has 0 aliphatic carbocycles. The summed E-state index contributed by atoms with van der Waals surface area (Å²) in [4.78, 5) is 11.5. The highest BCUT2D eigenvalue weighted by Crippen LogP contribution is 2.13. The molecule has 0 bridgehead atoms. The number of sulfonamides is 1. The van der Waals surface area contributed by atoms with E-state index in [1.807, 2.05) is 6.26 Å². The number of thioether (sulfide) groups is 1. The molecule has 1 aromatic rings. The molecular weight excluding hydrogens is 272 g/mol. The van der Waals surface area contributed by atoms with E-state index in [-0.39, 0.29) is 10.8 Å². The Balaban J connectivity index is 2.56. The highest BCUT2D eigenvalue weighted by Gasteiger charge is 2.07. The molecule has 5 nitrogen and oxygen atoms in total.